The lowest BCUT2D eigenvalue weighted by Gasteiger charge is -2.16. The Bertz CT molecular complexity index is 612. The number of rotatable bonds is 8. The molecule has 5 nitrogen and oxygen atoms in total. The van der Waals surface area contributed by atoms with Crippen LogP contribution in [0.2, 0.25) is 0 Å². The van der Waals surface area contributed by atoms with Crippen molar-refractivity contribution >= 4 is 0 Å². The van der Waals surface area contributed by atoms with Crippen LogP contribution in [0.4, 0.5) is 17.6 Å². The van der Waals surface area contributed by atoms with Crippen molar-refractivity contribution < 1.29 is 31.8 Å². The molecular weight excluding hydrogens is 320 g/mol. The lowest BCUT2D eigenvalue weighted by Crippen LogP contribution is -2.24. The molecule has 0 bridgehead atoms. The zero-order valence-electron chi connectivity index (χ0n) is 11.8. The van der Waals surface area contributed by atoms with Gasteiger partial charge in [-0.15, -0.1) is 10.2 Å². The van der Waals surface area contributed by atoms with Gasteiger partial charge in [0.15, 0.2) is 6.17 Å². The van der Waals surface area contributed by atoms with Crippen LogP contribution < -0.4 is 4.74 Å². The summed E-state index contributed by atoms with van der Waals surface area (Å²) in [5, 5.41) is 17.0. The summed E-state index contributed by atoms with van der Waals surface area (Å²) in [7, 11) is 0. The Labute approximate surface area is 128 Å². The highest BCUT2D eigenvalue weighted by molar-refractivity contribution is 5.31. The van der Waals surface area contributed by atoms with Crippen LogP contribution in [0, 0.1) is 5.82 Å². The summed E-state index contributed by atoms with van der Waals surface area (Å²) >= 11 is 0. The molecule has 1 heterocycles. The summed E-state index contributed by atoms with van der Waals surface area (Å²) < 4.78 is 61.9. The third-order valence-electron chi connectivity index (χ3n) is 3.02. The lowest BCUT2D eigenvalue weighted by atomic mass is 10.1. The van der Waals surface area contributed by atoms with Crippen molar-refractivity contribution in [3.63, 3.8) is 0 Å². The van der Waals surface area contributed by atoms with Crippen molar-refractivity contribution in [2.45, 2.75) is 31.5 Å². The minimum Gasteiger partial charge on any atom is -0.457 e. The van der Waals surface area contributed by atoms with Gasteiger partial charge in [-0.25, -0.2) is 8.78 Å². The van der Waals surface area contributed by atoms with E-state index in [1.54, 1.807) is 0 Å². The van der Waals surface area contributed by atoms with E-state index in [1.807, 2.05) is 0 Å². The SMILES string of the molecule is OC(Cc1nnco1)c1cc(OC(F)C(F)CCF)ccc1F. The number of aliphatic hydroxyl groups excluding tert-OH is 1. The van der Waals surface area contributed by atoms with E-state index in [-0.39, 0.29) is 23.6 Å². The largest absolute Gasteiger partial charge is 0.457 e. The number of halogens is 4. The number of benzene rings is 1. The summed E-state index contributed by atoms with van der Waals surface area (Å²) in [4.78, 5) is 0. The van der Waals surface area contributed by atoms with Crippen LogP contribution in [0.15, 0.2) is 29.0 Å². The molecule has 0 radical (unpaired) electrons. The smallest absolute Gasteiger partial charge is 0.269 e. The zero-order valence-corrected chi connectivity index (χ0v) is 11.8. The number of hydrogen-bond donors (Lipinski definition) is 1. The molecule has 0 saturated heterocycles. The first-order valence-corrected chi connectivity index (χ1v) is 6.74. The van der Waals surface area contributed by atoms with Crippen LogP contribution in [-0.2, 0) is 6.42 Å². The molecule has 0 aliphatic rings. The maximum atomic E-state index is 13.8. The molecule has 9 heteroatoms. The second kappa shape index (κ2) is 7.91. The summed E-state index contributed by atoms with van der Waals surface area (Å²) in [5.41, 5.74) is -0.200. The minimum absolute atomic E-state index is 0.0818. The number of nitrogens with zero attached hydrogens (tertiary/aromatic N) is 2. The summed E-state index contributed by atoms with van der Waals surface area (Å²) in [6.45, 7) is -1.03. The van der Waals surface area contributed by atoms with Gasteiger partial charge < -0.3 is 14.3 Å². The predicted octanol–water partition coefficient (Wildman–Crippen LogP) is 2.86. The van der Waals surface area contributed by atoms with Gasteiger partial charge in [-0.1, -0.05) is 0 Å². The van der Waals surface area contributed by atoms with Crippen LogP contribution in [0.5, 0.6) is 5.75 Å². The fraction of sp³-hybridized carbons (Fsp3) is 0.429. The Morgan fingerprint density at radius 3 is 2.74 bits per heavy atom. The minimum atomic E-state index is -2.39. The molecule has 0 aliphatic heterocycles. The molecule has 3 atom stereocenters. The number of ether oxygens (including phenoxy) is 1. The maximum absolute atomic E-state index is 13.8. The summed E-state index contributed by atoms with van der Waals surface area (Å²) in [5.74, 6) is -0.876. The molecule has 2 rings (SSSR count). The molecule has 0 saturated carbocycles. The van der Waals surface area contributed by atoms with E-state index in [9.17, 15) is 22.7 Å². The van der Waals surface area contributed by atoms with Gasteiger partial charge in [-0.05, 0) is 18.2 Å². The summed E-state index contributed by atoms with van der Waals surface area (Å²) in [6, 6.07) is 3.05. The molecular formula is C14H14F4N2O3. The first-order valence-electron chi connectivity index (χ1n) is 6.74. The molecule has 1 aromatic heterocycles. The van der Waals surface area contributed by atoms with Gasteiger partial charge in [0.1, 0.15) is 11.6 Å². The van der Waals surface area contributed by atoms with Gasteiger partial charge in [-0.3, -0.25) is 4.39 Å². The van der Waals surface area contributed by atoms with E-state index < -0.39 is 37.5 Å². The molecule has 0 aliphatic carbocycles. The Kier molecular flexibility index (Phi) is 5.91. The third-order valence-corrected chi connectivity index (χ3v) is 3.02. The average Bonchev–Trinajstić information content (AvgIpc) is 3.02. The van der Waals surface area contributed by atoms with Crippen molar-refractivity contribution in [1.82, 2.24) is 10.2 Å². The average molecular weight is 334 g/mol. The molecule has 2 aromatic rings. The van der Waals surface area contributed by atoms with Gasteiger partial charge >= 0.3 is 0 Å². The fourth-order valence-corrected chi connectivity index (χ4v) is 1.85. The van der Waals surface area contributed by atoms with Crippen molar-refractivity contribution in [3.8, 4) is 5.75 Å². The van der Waals surface area contributed by atoms with E-state index in [4.69, 9.17) is 4.42 Å². The maximum Gasteiger partial charge on any atom is 0.269 e. The second-order valence-electron chi connectivity index (χ2n) is 4.70. The van der Waals surface area contributed by atoms with Crippen LogP contribution >= 0.6 is 0 Å². The van der Waals surface area contributed by atoms with Crippen molar-refractivity contribution in [3.05, 3.63) is 41.9 Å². The number of hydrogen-bond acceptors (Lipinski definition) is 5. The molecule has 0 amide bonds. The number of alkyl halides is 3. The van der Waals surface area contributed by atoms with Crippen LogP contribution in [0.3, 0.4) is 0 Å². The first kappa shape index (κ1) is 17.2. The topological polar surface area (TPSA) is 68.4 Å². The molecule has 0 fully saturated rings. The van der Waals surface area contributed by atoms with Gasteiger partial charge in [0.25, 0.3) is 6.36 Å². The Balaban J connectivity index is 2.08. The highest BCUT2D eigenvalue weighted by Crippen LogP contribution is 2.26. The second-order valence-corrected chi connectivity index (χ2v) is 4.70. The van der Waals surface area contributed by atoms with Gasteiger partial charge in [-0.2, -0.15) is 4.39 Å². The van der Waals surface area contributed by atoms with E-state index in [0.717, 1.165) is 24.6 Å². The fourth-order valence-electron chi connectivity index (χ4n) is 1.85. The van der Waals surface area contributed by atoms with Gasteiger partial charge in [0.05, 0.1) is 19.2 Å². The quantitative estimate of drug-likeness (QED) is 0.752. The van der Waals surface area contributed by atoms with Crippen molar-refractivity contribution in [2.24, 2.45) is 0 Å². The number of aliphatic hydroxyl groups is 1. The predicted molar refractivity (Wildman–Crippen MR) is 70.4 cm³/mol. The van der Waals surface area contributed by atoms with E-state index >= 15 is 0 Å². The van der Waals surface area contributed by atoms with Crippen molar-refractivity contribution in [1.29, 1.82) is 0 Å². The zero-order chi connectivity index (χ0) is 16.8. The van der Waals surface area contributed by atoms with Crippen LogP contribution in [0.25, 0.3) is 0 Å². The molecule has 0 spiro atoms. The van der Waals surface area contributed by atoms with Gasteiger partial charge in [0, 0.05) is 12.0 Å². The van der Waals surface area contributed by atoms with Crippen LogP contribution in [-0.4, -0.2) is 34.5 Å². The normalized spacial score (nSPS) is 15.2. The lowest BCUT2D eigenvalue weighted by molar-refractivity contribution is -0.0114. The standard InChI is InChI=1S/C14H14F4N2O3/c15-4-3-11(17)14(18)23-8-1-2-10(16)9(5-8)12(21)6-13-20-19-7-22-13/h1-2,5,7,11-12,14,21H,3-4,6H2. The van der Waals surface area contributed by atoms with Crippen LogP contribution in [0.1, 0.15) is 24.0 Å². The van der Waals surface area contributed by atoms with Gasteiger partial charge in [0.2, 0.25) is 12.3 Å². The molecule has 1 aromatic carbocycles. The molecule has 3 unspecified atom stereocenters. The van der Waals surface area contributed by atoms with Crippen molar-refractivity contribution in [2.75, 3.05) is 6.67 Å². The Hall–Kier alpha value is -2.16. The number of aromatic nitrogens is 2. The molecule has 126 valence electrons. The molecule has 1 N–H and O–H groups in total. The highest BCUT2D eigenvalue weighted by atomic mass is 19.2. The Morgan fingerprint density at radius 2 is 2.09 bits per heavy atom. The first-order chi connectivity index (χ1) is 11.0. The molecule has 23 heavy (non-hydrogen) atoms. The third kappa shape index (κ3) is 4.65. The Morgan fingerprint density at radius 1 is 1.30 bits per heavy atom. The summed E-state index contributed by atoms with van der Waals surface area (Å²) in [6.07, 6.45) is -5.63. The van der Waals surface area contributed by atoms with E-state index in [0.29, 0.717) is 0 Å². The highest BCUT2D eigenvalue weighted by Gasteiger charge is 2.23. The van der Waals surface area contributed by atoms with E-state index in [1.165, 1.54) is 0 Å². The van der Waals surface area contributed by atoms with E-state index in [2.05, 4.69) is 14.9 Å². The monoisotopic (exact) mass is 334 g/mol.